The first-order valence-corrected chi connectivity index (χ1v) is 4.37. The van der Waals surface area contributed by atoms with Crippen LogP contribution in [0, 0.1) is 0 Å². The molecule has 1 rings (SSSR count). The Kier molecular flexibility index (Phi) is 2.87. The van der Waals surface area contributed by atoms with Crippen molar-refractivity contribution in [3.8, 4) is 0 Å². The van der Waals surface area contributed by atoms with Gasteiger partial charge in [-0.1, -0.05) is 13.3 Å². The predicted molar refractivity (Wildman–Crippen MR) is 48.4 cm³/mol. The summed E-state index contributed by atoms with van der Waals surface area (Å²) < 4.78 is 1.37. The standard InChI is InChI=1S/C8H15N3O2/c1-3-4-8(2,13)5-11-6-9-10-7(11)12/h6,13H,3-5H2,1-2H3,(H,10,12). The molecular weight excluding hydrogens is 170 g/mol. The molecule has 74 valence electrons. The van der Waals surface area contributed by atoms with Crippen molar-refractivity contribution in [2.24, 2.45) is 0 Å². The third-order valence-electron chi connectivity index (χ3n) is 1.92. The summed E-state index contributed by atoms with van der Waals surface area (Å²) in [6.45, 7) is 4.00. The highest BCUT2D eigenvalue weighted by atomic mass is 16.3. The molecule has 0 amide bonds. The number of aromatic nitrogens is 3. The molecule has 0 saturated heterocycles. The van der Waals surface area contributed by atoms with E-state index < -0.39 is 5.60 Å². The van der Waals surface area contributed by atoms with Crippen LogP contribution in [0.2, 0.25) is 0 Å². The van der Waals surface area contributed by atoms with Crippen LogP contribution in [0.1, 0.15) is 26.7 Å². The Morgan fingerprint density at radius 3 is 2.92 bits per heavy atom. The largest absolute Gasteiger partial charge is 0.388 e. The molecule has 0 aliphatic carbocycles. The van der Waals surface area contributed by atoms with Crippen LogP contribution in [0.5, 0.6) is 0 Å². The van der Waals surface area contributed by atoms with E-state index in [9.17, 15) is 9.90 Å². The van der Waals surface area contributed by atoms with Gasteiger partial charge in [0.2, 0.25) is 0 Å². The quantitative estimate of drug-likeness (QED) is 0.700. The van der Waals surface area contributed by atoms with E-state index in [1.54, 1.807) is 6.92 Å². The van der Waals surface area contributed by atoms with Crippen molar-refractivity contribution in [1.82, 2.24) is 14.8 Å². The third-order valence-corrected chi connectivity index (χ3v) is 1.92. The normalized spacial score (nSPS) is 15.6. The second-order valence-corrected chi connectivity index (χ2v) is 3.54. The second-order valence-electron chi connectivity index (χ2n) is 3.54. The van der Waals surface area contributed by atoms with Crippen molar-refractivity contribution in [3.63, 3.8) is 0 Å². The average molecular weight is 185 g/mol. The summed E-state index contributed by atoms with van der Waals surface area (Å²) in [5, 5.41) is 15.7. The Morgan fingerprint density at radius 1 is 1.77 bits per heavy atom. The summed E-state index contributed by atoms with van der Waals surface area (Å²) in [7, 11) is 0. The number of aromatic amines is 1. The van der Waals surface area contributed by atoms with Crippen molar-refractivity contribution in [3.05, 3.63) is 16.8 Å². The molecule has 13 heavy (non-hydrogen) atoms. The van der Waals surface area contributed by atoms with Crippen molar-refractivity contribution in [2.45, 2.75) is 38.8 Å². The molecular formula is C8H15N3O2. The van der Waals surface area contributed by atoms with Crippen molar-refractivity contribution in [1.29, 1.82) is 0 Å². The lowest BCUT2D eigenvalue weighted by atomic mass is 10.0. The van der Waals surface area contributed by atoms with Gasteiger partial charge in [-0.3, -0.25) is 4.57 Å². The highest BCUT2D eigenvalue weighted by Crippen LogP contribution is 2.12. The molecule has 0 aromatic carbocycles. The van der Waals surface area contributed by atoms with Gasteiger partial charge in [0.05, 0.1) is 12.1 Å². The van der Waals surface area contributed by atoms with Gasteiger partial charge in [0.15, 0.2) is 0 Å². The molecule has 0 fully saturated rings. The van der Waals surface area contributed by atoms with E-state index in [0.717, 1.165) is 6.42 Å². The Morgan fingerprint density at radius 2 is 2.46 bits per heavy atom. The molecule has 0 saturated carbocycles. The van der Waals surface area contributed by atoms with Crippen LogP contribution in [0.25, 0.3) is 0 Å². The number of hydrogen-bond donors (Lipinski definition) is 2. The van der Waals surface area contributed by atoms with Crippen LogP contribution >= 0.6 is 0 Å². The summed E-state index contributed by atoms with van der Waals surface area (Å²) in [6.07, 6.45) is 2.96. The zero-order chi connectivity index (χ0) is 9.90. The molecule has 1 heterocycles. The van der Waals surface area contributed by atoms with Gasteiger partial charge in [-0.05, 0) is 13.3 Å². The van der Waals surface area contributed by atoms with Gasteiger partial charge in [0.25, 0.3) is 0 Å². The van der Waals surface area contributed by atoms with Crippen LogP contribution in [0.3, 0.4) is 0 Å². The zero-order valence-corrected chi connectivity index (χ0v) is 7.95. The molecule has 1 atom stereocenters. The van der Waals surface area contributed by atoms with Crippen molar-refractivity contribution >= 4 is 0 Å². The summed E-state index contributed by atoms with van der Waals surface area (Å²) in [6, 6.07) is 0. The summed E-state index contributed by atoms with van der Waals surface area (Å²) >= 11 is 0. The van der Waals surface area contributed by atoms with Gasteiger partial charge in [0, 0.05) is 0 Å². The molecule has 1 aromatic heterocycles. The average Bonchev–Trinajstić information content (AvgIpc) is 2.35. The summed E-state index contributed by atoms with van der Waals surface area (Å²) in [5.41, 5.74) is -1.11. The number of nitrogens with zero attached hydrogens (tertiary/aromatic N) is 2. The van der Waals surface area contributed by atoms with Crippen LogP contribution in [-0.4, -0.2) is 25.5 Å². The third kappa shape index (κ3) is 2.69. The molecule has 5 heteroatoms. The lowest BCUT2D eigenvalue weighted by Crippen LogP contribution is -2.34. The molecule has 1 aromatic rings. The fourth-order valence-corrected chi connectivity index (χ4v) is 1.37. The van der Waals surface area contributed by atoms with E-state index >= 15 is 0 Å². The van der Waals surface area contributed by atoms with E-state index in [1.165, 1.54) is 10.9 Å². The minimum atomic E-state index is -0.831. The Bertz CT molecular complexity index is 313. The maximum absolute atomic E-state index is 11.0. The molecule has 0 radical (unpaired) electrons. The van der Waals surface area contributed by atoms with E-state index in [4.69, 9.17) is 0 Å². The highest BCUT2D eigenvalue weighted by Gasteiger charge is 2.20. The van der Waals surface area contributed by atoms with E-state index in [-0.39, 0.29) is 12.2 Å². The molecule has 0 spiro atoms. The van der Waals surface area contributed by atoms with Crippen LogP contribution < -0.4 is 5.69 Å². The van der Waals surface area contributed by atoms with Gasteiger partial charge in [-0.25, -0.2) is 9.89 Å². The molecule has 1 unspecified atom stereocenters. The highest BCUT2D eigenvalue weighted by molar-refractivity contribution is 4.75. The first-order chi connectivity index (χ1) is 6.05. The smallest absolute Gasteiger partial charge is 0.343 e. The van der Waals surface area contributed by atoms with Crippen molar-refractivity contribution < 1.29 is 5.11 Å². The second kappa shape index (κ2) is 3.74. The SMILES string of the molecule is CCCC(C)(O)Cn1cn[nH]c1=O. The Labute approximate surface area is 76.4 Å². The first-order valence-electron chi connectivity index (χ1n) is 4.37. The lowest BCUT2D eigenvalue weighted by molar-refractivity contribution is 0.0315. The topological polar surface area (TPSA) is 70.9 Å². The fraction of sp³-hybridized carbons (Fsp3) is 0.750. The van der Waals surface area contributed by atoms with Gasteiger partial charge in [0.1, 0.15) is 6.33 Å². The maximum Gasteiger partial charge on any atom is 0.343 e. The number of nitrogens with one attached hydrogen (secondary N) is 1. The molecule has 2 N–H and O–H groups in total. The zero-order valence-electron chi connectivity index (χ0n) is 7.95. The number of hydrogen-bond acceptors (Lipinski definition) is 3. The lowest BCUT2D eigenvalue weighted by Gasteiger charge is -2.21. The van der Waals surface area contributed by atoms with Gasteiger partial charge in [-0.15, -0.1) is 0 Å². The predicted octanol–water partition coefficient (Wildman–Crippen LogP) is 0.122. The number of H-pyrrole nitrogens is 1. The van der Waals surface area contributed by atoms with Crippen molar-refractivity contribution in [2.75, 3.05) is 0 Å². The summed E-state index contributed by atoms with van der Waals surface area (Å²) in [5.74, 6) is 0. The minimum absolute atomic E-state index is 0.281. The first kappa shape index (κ1) is 9.98. The van der Waals surface area contributed by atoms with E-state index in [1.807, 2.05) is 6.92 Å². The molecule has 0 bridgehead atoms. The Balaban J connectivity index is 2.68. The van der Waals surface area contributed by atoms with E-state index in [2.05, 4.69) is 10.2 Å². The minimum Gasteiger partial charge on any atom is -0.388 e. The monoisotopic (exact) mass is 185 g/mol. The van der Waals surface area contributed by atoms with Crippen LogP contribution in [0.15, 0.2) is 11.1 Å². The fourth-order valence-electron chi connectivity index (χ4n) is 1.37. The Hall–Kier alpha value is -1.10. The van der Waals surface area contributed by atoms with Gasteiger partial charge >= 0.3 is 5.69 Å². The molecule has 0 aliphatic heterocycles. The van der Waals surface area contributed by atoms with Crippen LogP contribution in [0.4, 0.5) is 0 Å². The number of aliphatic hydroxyl groups is 1. The maximum atomic E-state index is 11.0. The van der Waals surface area contributed by atoms with E-state index in [0.29, 0.717) is 6.42 Å². The summed E-state index contributed by atoms with van der Waals surface area (Å²) in [4.78, 5) is 11.0. The van der Waals surface area contributed by atoms with Gasteiger partial charge in [-0.2, -0.15) is 5.10 Å². The van der Waals surface area contributed by atoms with Crippen LogP contribution in [-0.2, 0) is 6.54 Å². The molecule has 5 nitrogen and oxygen atoms in total. The molecule has 0 aliphatic rings. The number of rotatable bonds is 4. The van der Waals surface area contributed by atoms with Gasteiger partial charge < -0.3 is 5.11 Å².